The number of aromatic nitrogens is 2. The van der Waals surface area contributed by atoms with E-state index in [-0.39, 0.29) is 30.1 Å². The molecule has 0 aliphatic rings. The van der Waals surface area contributed by atoms with Crippen LogP contribution in [0.4, 0.5) is 4.79 Å². The van der Waals surface area contributed by atoms with Gasteiger partial charge < -0.3 is 24.8 Å². The fourth-order valence-corrected chi connectivity index (χ4v) is 2.58. The molecule has 1 heterocycles. The number of halogens is 1. The van der Waals surface area contributed by atoms with Gasteiger partial charge in [0.1, 0.15) is 5.60 Å². The predicted molar refractivity (Wildman–Crippen MR) is 130 cm³/mol. The Morgan fingerprint density at radius 1 is 1.19 bits per heavy atom. The van der Waals surface area contributed by atoms with Crippen LogP contribution in [0.1, 0.15) is 43.6 Å². The molecule has 1 aromatic heterocycles. The molecular formula is C21H33IN6O3. The second-order valence-electron chi connectivity index (χ2n) is 7.99. The van der Waals surface area contributed by atoms with Crippen LogP contribution in [-0.4, -0.2) is 53.3 Å². The number of carbonyl (C=O) groups excluding carboxylic acids is 1. The van der Waals surface area contributed by atoms with Crippen LogP contribution in [0.2, 0.25) is 0 Å². The monoisotopic (exact) mass is 544 g/mol. The minimum atomic E-state index is -0.502. The molecule has 0 aliphatic heterocycles. The van der Waals surface area contributed by atoms with Crippen LogP contribution in [0.25, 0.3) is 0 Å². The van der Waals surface area contributed by atoms with Gasteiger partial charge in [-0.15, -0.1) is 24.0 Å². The molecule has 0 aliphatic carbocycles. The topological polar surface area (TPSA) is 105 Å². The number of carbonyl (C=O) groups is 1. The van der Waals surface area contributed by atoms with Gasteiger partial charge in [-0.25, -0.2) is 4.79 Å². The van der Waals surface area contributed by atoms with Crippen molar-refractivity contribution in [2.45, 2.75) is 52.8 Å². The average molecular weight is 544 g/mol. The van der Waals surface area contributed by atoms with E-state index < -0.39 is 5.60 Å². The zero-order valence-corrected chi connectivity index (χ0v) is 21.4. The van der Waals surface area contributed by atoms with Gasteiger partial charge in [0.15, 0.2) is 11.8 Å². The van der Waals surface area contributed by atoms with Crippen LogP contribution >= 0.6 is 24.0 Å². The number of amides is 1. The first-order valence-electron chi connectivity index (χ1n) is 9.92. The van der Waals surface area contributed by atoms with E-state index >= 15 is 0 Å². The highest BCUT2D eigenvalue weighted by Gasteiger charge is 2.19. The zero-order chi connectivity index (χ0) is 22.1. The Bertz CT molecular complexity index is 846. The average Bonchev–Trinajstić information content (AvgIpc) is 3.09. The molecule has 0 bridgehead atoms. The molecule has 0 fully saturated rings. The Morgan fingerprint density at radius 3 is 2.39 bits per heavy atom. The number of aryl methyl sites for hydroxylation is 1. The van der Waals surface area contributed by atoms with Crippen molar-refractivity contribution in [3.05, 3.63) is 47.1 Å². The first kappa shape index (κ1) is 26.7. The molecule has 1 amide bonds. The van der Waals surface area contributed by atoms with Crippen molar-refractivity contribution in [1.82, 2.24) is 25.7 Å². The van der Waals surface area contributed by atoms with E-state index in [4.69, 9.17) is 9.26 Å². The number of benzene rings is 1. The number of hydrogen-bond donors (Lipinski definition) is 2. The van der Waals surface area contributed by atoms with E-state index in [2.05, 4.69) is 25.8 Å². The normalized spacial score (nSPS) is 11.5. The molecule has 2 rings (SSSR count). The largest absolute Gasteiger partial charge is 0.444 e. The third-order valence-corrected chi connectivity index (χ3v) is 4.03. The smallest absolute Gasteiger partial charge is 0.410 e. The van der Waals surface area contributed by atoms with Crippen molar-refractivity contribution in [1.29, 1.82) is 0 Å². The Labute approximate surface area is 201 Å². The van der Waals surface area contributed by atoms with E-state index in [9.17, 15) is 4.79 Å². The highest BCUT2D eigenvalue weighted by atomic mass is 127. The molecule has 9 nitrogen and oxygen atoms in total. The summed E-state index contributed by atoms with van der Waals surface area (Å²) in [6, 6.07) is 8.07. The Balaban J connectivity index is 0.00000480. The van der Waals surface area contributed by atoms with Crippen LogP contribution in [0.5, 0.6) is 0 Å². The Morgan fingerprint density at radius 2 is 1.84 bits per heavy atom. The SMILES string of the molecule is CN=C(NCCc1nc(C)no1)NCc1ccc(CN(C)C(=O)OC(C)(C)C)cc1.I. The summed E-state index contributed by atoms with van der Waals surface area (Å²) in [5, 5.41) is 10.3. The molecule has 0 saturated heterocycles. The molecule has 0 spiro atoms. The van der Waals surface area contributed by atoms with Gasteiger partial charge in [0.05, 0.1) is 0 Å². The summed E-state index contributed by atoms with van der Waals surface area (Å²) >= 11 is 0. The number of guanidine groups is 1. The molecule has 10 heteroatoms. The lowest BCUT2D eigenvalue weighted by Gasteiger charge is -2.24. The Hall–Kier alpha value is -2.37. The van der Waals surface area contributed by atoms with Crippen LogP contribution in [0, 0.1) is 6.92 Å². The molecule has 172 valence electrons. The molecule has 1 aromatic carbocycles. The molecular weight excluding hydrogens is 511 g/mol. The first-order valence-corrected chi connectivity index (χ1v) is 9.92. The van der Waals surface area contributed by atoms with E-state index in [1.807, 2.05) is 45.0 Å². The zero-order valence-electron chi connectivity index (χ0n) is 19.1. The van der Waals surface area contributed by atoms with E-state index in [0.717, 1.165) is 11.1 Å². The van der Waals surface area contributed by atoms with Crippen LogP contribution < -0.4 is 10.6 Å². The lowest BCUT2D eigenvalue weighted by molar-refractivity contribution is 0.0285. The molecule has 2 aromatic rings. The van der Waals surface area contributed by atoms with Crippen LogP contribution in [-0.2, 0) is 24.2 Å². The number of rotatable bonds is 7. The first-order chi connectivity index (χ1) is 14.2. The standard InChI is InChI=1S/C21H32N6O3.HI/c1-15-25-18(30-26-15)11-12-23-19(22-5)24-13-16-7-9-17(10-8-16)14-27(6)20(28)29-21(2,3)4;/h7-10H,11-14H2,1-6H3,(H2,22,23,24);1H. The van der Waals surface area contributed by atoms with Crippen molar-refractivity contribution in [3.8, 4) is 0 Å². The number of hydrogen-bond acceptors (Lipinski definition) is 6. The molecule has 0 radical (unpaired) electrons. The minimum Gasteiger partial charge on any atom is -0.444 e. The highest BCUT2D eigenvalue weighted by molar-refractivity contribution is 14.0. The van der Waals surface area contributed by atoms with Crippen LogP contribution in [0.3, 0.4) is 0 Å². The van der Waals surface area contributed by atoms with Crippen molar-refractivity contribution in [2.75, 3.05) is 20.6 Å². The maximum atomic E-state index is 12.1. The van der Waals surface area contributed by atoms with Gasteiger partial charge in [-0.05, 0) is 38.8 Å². The second-order valence-corrected chi connectivity index (χ2v) is 7.99. The number of aliphatic imine (C=N–C) groups is 1. The van der Waals surface area contributed by atoms with Crippen LogP contribution in [0.15, 0.2) is 33.8 Å². The van der Waals surface area contributed by atoms with Gasteiger partial charge in [0.2, 0.25) is 5.89 Å². The Kier molecular flexibility index (Phi) is 10.7. The molecule has 0 atom stereocenters. The second kappa shape index (κ2) is 12.5. The van der Waals surface area contributed by atoms with Gasteiger partial charge in [0.25, 0.3) is 0 Å². The quantitative estimate of drug-likeness (QED) is 0.313. The minimum absolute atomic E-state index is 0. The third-order valence-electron chi connectivity index (χ3n) is 4.03. The van der Waals surface area contributed by atoms with E-state index in [1.54, 1.807) is 25.9 Å². The van der Waals surface area contributed by atoms with Gasteiger partial charge in [0, 0.05) is 40.2 Å². The summed E-state index contributed by atoms with van der Waals surface area (Å²) in [6.45, 7) is 9.11. The lowest BCUT2D eigenvalue weighted by atomic mass is 10.1. The fraction of sp³-hybridized carbons (Fsp3) is 0.524. The molecule has 31 heavy (non-hydrogen) atoms. The maximum absolute atomic E-state index is 12.1. The van der Waals surface area contributed by atoms with Crippen molar-refractivity contribution in [3.63, 3.8) is 0 Å². The third kappa shape index (κ3) is 9.99. The molecule has 2 N–H and O–H groups in total. The fourth-order valence-electron chi connectivity index (χ4n) is 2.58. The van der Waals surface area contributed by atoms with Gasteiger partial charge in [-0.3, -0.25) is 4.99 Å². The summed E-state index contributed by atoms with van der Waals surface area (Å²) in [7, 11) is 3.45. The van der Waals surface area contributed by atoms with E-state index in [0.29, 0.717) is 43.7 Å². The van der Waals surface area contributed by atoms with Gasteiger partial charge in [-0.2, -0.15) is 4.98 Å². The summed E-state index contributed by atoms with van der Waals surface area (Å²) < 4.78 is 10.5. The van der Waals surface area contributed by atoms with E-state index in [1.165, 1.54) is 0 Å². The summed E-state index contributed by atoms with van der Waals surface area (Å²) in [5.74, 6) is 1.93. The number of ether oxygens (including phenoxy) is 1. The summed E-state index contributed by atoms with van der Waals surface area (Å²) in [4.78, 5) is 22.0. The molecule has 0 unspecified atom stereocenters. The lowest BCUT2D eigenvalue weighted by Crippen LogP contribution is -2.37. The number of nitrogens with one attached hydrogen (secondary N) is 2. The van der Waals surface area contributed by atoms with Crippen molar-refractivity contribution < 1.29 is 14.1 Å². The summed E-state index contributed by atoms with van der Waals surface area (Å²) in [5.41, 5.74) is 1.64. The summed E-state index contributed by atoms with van der Waals surface area (Å²) in [6.07, 6.45) is 0.292. The van der Waals surface area contributed by atoms with Gasteiger partial charge >= 0.3 is 6.09 Å². The van der Waals surface area contributed by atoms with Crippen molar-refractivity contribution in [2.24, 2.45) is 4.99 Å². The number of nitrogens with zero attached hydrogens (tertiary/aromatic N) is 4. The maximum Gasteiger partial charge on any atom is 0.410 e. The molecule has 0 saturated carbocycles. The predicted octanol–water partition coefficient (Wildman–Crippen LogP) is 3.27. The van der Waals surface area contributed by atoms with Gasteiger partial charge in [-0.1, -0.05) is 29.4 Å². The van der Waals surface area contributed by atoms with Crippen molar-refractivity contribution >= 4 is 36.0 Å². The highest BCUT2D eigenvalue weighted by Crippen LogP contribution is 2.12.